The number of nitrogens with zero attached hydrogens (tertiary/aromatic N) is 1. The van der Waals surface area contributed by atoms with E-state index in [1.807, 2.05) is 0 Å². The van der Waals surface area contributed by atoms with Gasteiger partial charge >= 0.3 is 6.09 Å². The van der Waals surface area contributed by atoms with E-state index < -0.39 is 6.09 Å². The lowest BCUT2D eigenvalue weighted by Crippen LogP contribution is -2.47. The van der Waals surface area contributed by atoms with Gasteiger partial charge in [0.1, 0.15) is 0 Å². The van der Waals surface area contributed by atoms with Crippen LogP contribution in [0.2, 0.25) is 0 Å². The number of halogens is 1. The summed E-state index contributed by atoms with van der Waals surface area (Å²) in [6, 6.07) is 0.134. The molecule has 1 fully saturated rings. The van der Waals surface area contributed by atoms with Crippen LogP contribution in [0.1, 0.15) is 12.8 Å². The van der Waals surface area contributed by atoms with E-state index in [1.54, 1.807) is 0 Å². The van der Waals surface area contributed by atoms with Gasteiger partial charge in [-0.15, -0.1) is 0 Å². The van der Waals surface area contributed by atoms with E-state index in [0.29, 0.717) is 0 Å². The summed E-state index contributed by atoms with van der Waals surface area (Å²) in [7, 11) is 0. The van der Waals surface area contributed by atoms with Gasteiger partial charge in [-0.2, -0.15) is 0 Å². The molecule has 0 bridgehead atoms. The minimum Gasteiger partial charge on any atom is -0.465 e. The molecule has 76 valence electrons. The summed E-state index contributed by atoms with van der Waals surface area (Å²) in [6.45, 7) is 3.05. The van der Waals surface area contributed by atoms with E-state index >= 15 is 0 Å². The smallest absolute Gasteiger partial charge is 0.404 e. The maximum absolute atomic E-state index is 10.4. The summed E-state index contributed by atoms with van der Waals surface area (Å²) in [4.78, 5) is 12.7. The molecule has 0 spiro atoms. The van der Waals surface area contributed by atoms with Crippen LogP contribution >= 0.6 is 22.6 Å². The number of rotatable bonds is 3. The molecular formula is C8H15IN2O2. The molecule has 1 unspecified atom stereocenters. The summed E-state index contributed by atoms with van der Waals surface area (Å²) in [5.41, 5.74) is 0. The number of carboxylic acid groups (broad SMARTS) is 1. The zero-order valence-corrected chi connectivity index (χ0v) is 9.66. The fourth-order valence-electron chi connectivity index (χ4n) is 1.67. The van der Waals surface area contributed by atoms with E-state index in [-0.39, 0.29) is 6.04 Å². The van der Waals surface area contributed by atoms with Gasteiger partial charge in [0.05, 0.1) is 0 Å². The average molecular weight is 298 g/mol. The Hall–Kier alpha value is -0.0400. The molecule has 1 rings (SSSR count). The zero-order valence-electron chi connectivity index (χ0n) is 7.50. The van der Waals surface area contributed by atoms with E-state index in [4.69, 9.17) is 5.11 Å². The number of amides is 1. The van der Waals surface area contributed by atoms with Gasteiger partial charge in [-0.25, -0.2) is 4.79 Å². The van der Waals surface area contributed by atoms with Crippen molar-refractivity contribution in [3.05, 3.63) is 0 Å². The Balaban J connectivity index is 2.28. The molecule has 1 saturated heterocycles. The first-order valence-corrected chi connectivity index (χ1v) is 6.02. The van der Waals surface area contributed by atoms with Gasteiger partial charge in [0, 0.05) is 23.6 Å². The number of hydrogen-bond donors (Lipinski definition) is 2. The molecule has 0 aromatic rings. The highest BCUT2D eigenvalue weighted by Crippen LogP contribution is 2.09. The molecule has 0 aromatic carbocycles. The summed E-state index contributed by atoms with van der Waals surface area (Å²) in [5.74, 6) is 0. The molecule has 1 atom stereocenters. The van der Waals surface area contributed by atoms with Crippen molar-refractivity contribution in [3.63, 3.8) is 0 Å². The standard InChI is InChI=1S/C8H15IN2O2/c9-3-5-11-4-1-2-7(6-11)10-8(12)13/h7,10H,1-6H2,(H,12,13). The highest BCUT2D eigenvalue weighted by Gasteiger charge is 2.20. The fourth-order valence-corrected chi connectivity index (χ4v) is 2.35. The summed E-state index contributed by atoms with van der Waals surface area (Å²) in [5, 5.41) is 11.1. The molecule has 4 nitrogen and oxygen atoms in total. The number of hydrogen-bond acceptors (Lipinski definition) is 2. The van der Waals surface area contributed by atoms with Gasteiger partial charge in [0.15, 0.2) is 0 Å². The van der Waals surface area contributed by atoms with Crippen molar-refractivity contribution < 1.29 is 9.90 Å². The van der Waals surface area contributed by atoms with Crippen LogP contribution in [-0.2, 0) is 0 Å². The van der Waals surface area contributed by atoms with Crippen LogP contribution in [-0.4, -0.2) is 46.2 Å². The van der Waals surface area contributed by atoms with Crippen molar-refractivity contribution in [1.82, 2.24) is 10.2 Å². The molecular weight excluding hydrogens is 283 g/mol. The van der Waals surface area contributed by atoms with E-state index in [2.05, 4.69) is 32.8 Å². The third-order valence-corrected chi connectivity index (χ3v) is 2.72. The molecule has 0 saturated carbocycles. The molecule has 0 aromatic heterocycles. The molecule has 1 amide bonds. The van der Waals surface area contributed by atoms with Gasteiger partial charge in [-0.3, -0.25) is 0 Å². The number of nitrogens with one attached hydrogen (secondary N) is 1. The van der Waals surface area contributed by atoms with Gasteiger partial charge < -0.3 is 15.3 Å². The Bertz CT molecular complexity index is 176. The second-order valence-electron chi connectivity index (χ2n) is 3.28. The van der Waals surface area contributed by atoms with Crippen LogP contribution in [0.25, 0.3) is 0 Å². The predicted molar refractivity (Wildman–Crippen MR) is 59.5 cm³/mol. The van der Waals surface area contributed by atoms with Crippen molar-refractivity contribution in [2.24, 2.45) is 0 Å². The normalized spacial score (nSPS) is 24.2. The molecule has 13 heavy (non-hydrogen) atoms. The lowest BCUT2D eigenvalue weighted by molar-refractivity contribution is 0.167. The van der Waals surface area contributed by atoms with E-state index in [9.17, 15) is 4.79 Å². The Labute approximate surface area is 91.8 Å². The number of alkyl halides is 1. The Kier molecular flexibility index (Phi) is 4.79. The average Bonchev–Trinajstić information content (AvgIpc) is 2.04. The van der Waals surface area contributed by atoms with Crippen LogP contribution in [0.4, 0.5) is 4.79 Å². The van der Waals surface area contributed by atoms with Crippen LogP contribution in [0.15, 0.2) is 0 Å². The quantitative estimate of drug-likeness (QED) is 0.607. The van der Waals surface area contributed by atoms with Crippen LogP contribution in [0.5, 0.6) is 0 Å². The molecule has 1 aliphatic rings. The van der Waals surface area contributed by atoms with Crippen LogP contribution in [0, 0.1) is 0 Å². The highest BCUT2D eigenvalue weighted by atomic mass is 127. The fraction of sp³-hybridized carbons (Fsp3) is 0.875. The number of piperidine rings is 1. The second-order valence-corrected chi connectivity index (χ2v) is 4.36. The highest BCUT2D eigenvalue weighted by molar-refractivity contribution is 14.1. The van der Waals surface area contributed by atoms with Crippen molar-refractivity contribution in [1.29, 1.82) is 0 Å². The number of carbonyl (C=O) groups is 1. The monoisotopic (exact) mass is 298 g/mol. The topological polar surface area (TPSA) is 52.6 Å². The van der Waals surface area contributed by atoms with Gasteiger partial charge in [0.25, 0.3) is 0 Å². The van der Waals surface area contributed by atoms with Crippen molar-refractivity contribution in [3.8, 4) is 0 Å². The Morgan fingerprint density at radius 2 is 2.46 bits per heavy atom. The maximum atomic E-state index is 10.4. The third kappa shape index (κ3) is 4.12. The Morgan fingerprint density at radius 1 is 1.69 bits per heavy atom. The maximum Gasteiger partial charge on any atom is 0.404 e. The molecule has 1 heterocycles. The molecule has 0 aliphatic carbocycles. The number of likely N-dealkylation sites (tertiary alicyclic amines) is 1. The predicted octanol–water partition coefficient (Wildman–Crippen LogP) is 1.15. The summed E-state index contributed by atoms with van der Waals surface area (Å²) >= 11 is 2.34. The molecule has 0 radical (unpaired) electrons. The molecule has 2 N–H and O–H groups in total. The second kappa shape index (κ2) is 5.64. The minimum atomic E-state index is -0.902. The minimum absolute atomic E-state index is 0.134. The SMILES string of the molecule is O=C(O)NC1CCCN(CCI)C1. The third-order valence-electron chi connectivity index (χ3n) is 2.23. The van der Waals surface area contributed by atoms with E-state index in [1.165, 1.54) is 0 Å². The Morgan fingerprint density at radius 3 is 3.08 bits per heavy atom. The van der Waals surface area contributed by atoms with Crippen molar-refractivity contribution >= 4 is 28.7 Å². The van der Waals surface area contributed by atoms with Gasteiger partial charge in [-0.05, 0) is 19.4 Å². The van der Waals surface area contributed by atoms with Gasteiger partial charge in [-0.1, -0.05) is 22.6 Å². The first kappa shape index (κ1) is 11.0. The zero-order chi connectivity index (χ0) is 9.68. The molecule has 1 aliphatic heterocycles. The summed E-state index contributed by atoms with van der Waals surface area (Å²) in [6.07, 6.45) is 1.17. The van der Waals surface area contributed by atoms with Gasteiger partial charge in [0.2, 0.25) is 0 Å². The van der Waals surface area contributed by atoms with Crippen LogP contribution < -0.4 is 5.32 Å². The first-order chi connectivity index (χ1) is 6.22. The van der Waals surface area contributed by atoms with Crippen molar-refractivity contribution in [2.45, 2.75) is 18.9 Å². The summed E-state index contributed by atoms with van der Waals surface area (Å²) < 4.78 is 1.11. The first-order valence-electron chi connectivity index (χ1n) is 4.50. The lowest BCUT2D eigenvalue weighted by atomic mass is 10.1. The molecule has 5 heteroatoms. The van der Waals surface area contributed by atoms with E-state index in [0.717, 1.165) is 36.9 Å². The largest absolute Gasteiger partial charge is 0.465 e. The van der Waals surface area contributed by atoms with Crippen molar-refractivity contribution in [2.75, 3.05) is 24.1 Å². The lowest BCUT2D eigenvalue weighted by Gasteiger charge is -2.31. The van der Waals surface area contributed by atoms with Crippen LogP contribution in [0.3, 0.4) is 0 Å².